The summed E-state index contributed by atoms with van der Waals surface area (Å²) < 4.78 is 10.9. The Bertz CT molecular complexity index is 561. The molecule has 112 valence electrons. The zero-order chi connectivity index (χ0) is 14.7. The predicted molar refractivity (Wildman–Crippen MR) is 75.5 cm³/mol. The molecule has 3 rings (SSSR count). The highest BCUT2D eigenvalue weighted by molar-refractivity contribution is 5.95. The van der Waals surface area contributed by atoms with Gasteiger partial charge in [0.25, 0.3) is 0 Å². The fourth-order valence-corrected chi connectivity index (χ4v) is 2.33. The van der Waals surface area contributed by atoms with Crippen molar-refractivity contribution in [3.8, 4) is 11.5 Å². The molecule has 2 aliphatic rings. The van der Waals surface area contributed by atoms with Gasteiger partial charge in [-0.3, -0.25) is 9.59 Å². The van der Waals surface area contributed by atoms with E-state index >= 15 is 0 Å². The molecule has 1 atom stereocenters. The van der Waals surface area contributed by atoms with Crippen LogP contribution in [0.1, 0.15) is 6.42 Å². The number of carbonyl (C=O) groups excluding carboxylic acids is 2. The highest BCUT2D eigenvalue weighted by Crippen LogP contribution is 2.32. The Labute approximate surface area is 122 Å². The van der Waals surface area contributed by atoms with Crippen molar-refractivity contribution in [1.82, 2.24) is 10.6 Å². The van der Waals surface area contributed by atoms with E-state index in [1.807, 2.05) is 0 Å². The third kappa shape index (κ3) is 3.25. The first-order valence-electron chi connectivity index (χ1n) is 6.93. The second-order valence-electron chi connectivity index (χ2n) is 4.91. The van der Waals surface area contributed by atoms with E-state index in [1.165, 1.54) is 0 Å². The summed E-state index contributed by atoms with van der Waals surface area (Å²) in [4.78, 5) is 23.6. The number of fused-ring (bicyclic) bond motifs is 1. The molecular weight excluding hydrogens is 274 g/mol. The molecule has 1 aromatic rings. The standard InChI is InChI=1S/C14H17N3O4/c18-13(8-10-14(19)16-4-3-15-10)17-9-1-2-11-12(7-9)21-6-5-20-11/h1-2,7,10,15H,3-6,8H2,(H,16,19)(H,17,18)/t10-/m1/s1. The molecular formula is C14H17N3O4. The summed E-state index contributed by atoms with van der Waals surface area (Å²) in [6.07, 6.45) is 0.0975. The maximum atomic E-state index is 12.0. The SMILES string of the molecule is O=C(C[C@H]1NCCNC1=O)Nc1ccc2c(c1)OCCO2. The number of carbonyl (C=O) groups is 2. The van der Waals surface area contributed by atoms with E-state index in [2.05, 4.69) is 16.0 Å². The van der Waals surface area contributed by atoms with E-state index in [0.717, 1.165) is 0 Å². The lowest BCUT2D eigenvalue weighted by Gasteiger charge is -2.23. The van der Waals surface area contributed by atoms with Crippen LogP contribution in [0, 0.1) is 0 Å². The lowest BCUT2D eigenvalue weighted by molar-refractivity contribution is -0.127. The first kappa shape index (κ1) is 13.7. The van der Waals surface area contributed by atoms with E-state index in [0.29, 0.717) is 43.5 Å². The molecule has 7 nitrogen and oxygen atoms in total. The summed E-state index contributed by atoms with van der Waals surface area (Å²) in [5.74, 6) is 0.931. The number of amides is 2. The van der Waals surface area contributed by atoms with Crippen LogP contribution in [0.4, 0.5) is 5.69 Å². The molecule has 0 saturated carbocycles. The molecule has 2 amide bonds. The van der Waals surface area contributed by atoms with E-state index in [1.54, 1.807) is 18.2 Å². The quantitative estimate of drug-likeness (QED) is 0.722. The molecule has 1 aromatic carbocycles. The Morgan fingerprint density at radius 3 is 2.86 bits per heavy atom. The highest BCUT2D eigenvalue weighted by Gasteiger charge is 2.24. The number of hydrogen-bond acceptors (Lipinski definition) is 5. The zero-order valence-electron chi connectivity index (χ0n) is 11.5. The van der Waals surface area contributed by atoms with Gasteiger partial charge in [0.2, 0.25) is 11.8 Å². The van der Waals surface area contributed by atoms with Crippen LogP contribution in [-0.2, 0) is 9.59 Å². The predicted octanol–water partition coefficient (Wildman–Crippen LogP) is -0.126. The molecule has 0 unspecified atom stereocenters. The number of piperazine rings is 1. The second-order valence-corrected chi connectivity index (χ2v) is 4.91. The van der Waals surface area contributed by atoms with Crippen LogP contribution in [0.5, 0.6) is 11.5 Å². The van der Waals surface area contributed by atoms with Crippen molar-refractivity contribution >= 4 is 17.5 Å². The molecule has 7 heteroatoms. The maximum Gasteiger partial charge on any atom is 0.237 e. The Balaban J connectivity index is 1.60. The Morgan fingerprint density at radius 2 is 2.05 bits per heavy atom. The van der Waals surface area contributed by atoms with Crippen molar-refractivity contribution < 1.29 is 19.1 Å². The second kappa shape index (κ2) is 6.01. The number of hydrogen-bond donors (Lipinski definition) is 3. The van der Waals surface area contributed by atoms with E-state index in [-0.39, 0.29) is 18.2 Å². The van der Waals surface area contributed by atoms with Crippen LogP contribution in [0.15, 0.2) is 18.2 Å². The third-order valence-corrected chi connectivity index (χ3v) is 3.35. The lowest BCUT2D eigenvalue weighted by Crippen LogP contribution is -2.53. The summed E-state index contributed by atoms with van der Waals surface area (Å²) in [6.45, 7) is 2.30. The van der Waals surface area contributed by atoms with Crippen molar-refractivity contribution in [2.24, 2.45) is 0 Å². The normalized spacial score (nSPS) is 20.6. The summed E-state index contributed by atoms with van der Waals surface area (Å²) in [6, 6.07) is 4.76. The first-order chi connectivity index (χ1) is 10.2. The molecule has 2 aliphatic heterocycles. The van der Waals surface area contributed by atoms with Crippen LogP contribution >= 0.6 is 0 Å². The van der Waals surface area contributed by atoms with Crippen molar-refractivity contribution in [2.45, 2.75) is 12.5 Å². The van der Waals surface area contributed by atoms with Gasteiger partial charge in [-0.05, 0) is 12.1 Å². The van der Waals surface area contributed by atoms with E-state index < -0.39 is 6.04 Å². The van der Waals surface area contributed by atoms with Gasteiger partial charge in [0.1, 0.15) is 13.2 Å². The molecule has 1 saturated heterocycles. The lowest BCUT2D eigenvalue weighted by atomic mass is 10.1. The molecule has 2 heterocycles. The smallest absolute Gasteiger partial charge is 0.237 e. The average Bonchev–Trinajstić information content (AvgIpc) is 2.49. The third-order valence-electron chi connectivity index (χ3n) is 3.35. The number of nitrogens with one attached hydrogen (secondary N) is 3. The minimum Gasteiger partial charge on any atom is -0.486 e. The monoisotopic (exact) mass is 291 g/mol. The van der Waals surface area contributed by atoms with E-state index in [4.69, 9.17) is 9.47 Å². The van der Waals surface area contributed by atoms with Gasteiger partial charge < -0.3 is 25.4 Å². The molecule has 0 spiro atoms. The minimum atomic E-state index is -0.476. The average molecular weight is 291 g/mol. The fourth-order valence-electron chi connectivity index (χ4n) is 2.33. The van der Waals surface area contributed by atoms with Gasteiger partial charge in [-0.15, -0.1) is 0 Å². The Morgan fingerprint density at radius 1 is 1.24 bits per heavy atom. The zero-order valence-corrected chi connectivity index (χ0v) is 11.5. The summed E-state index contributed by atoms with van der Waals surface area (Å²) in [5.41, 5.74) is 0.625. The topological polar surface area (TPSA) is 88.7 Å². The van der Waals surface area contributed by atoms with Crippen molar-refractivity contribution in [3.05, 3.63) is 18.2 Å². The first-order valence-corrected chi connectivity index (χ1v) is 6.93. The Hall–Kier alpha value is -2.28. The molecule has 3 N–H and O–H groups in total. The molecule has 0 radical (unpaired) electrons. The largest absolute Gasteiger partial charge is 0.486 e. The molecule has 0 aliphatic carbocycles. The summed E-state index contributed by atoms with van der Waals surface area (Å²) >= 11 is 0. The molecule has 0 aromatic heterocycles. The number of anilines is 1. The number of benzene rings is 1. The van der Waals surface area contributed by atoms with Crippen molar-refractivity contribution in [3.63, 3.8) is 0 Å². The fraction of sp³-hybridized carbons (Fsp3) is 0.429. The van der Waals surface area contributed by atoms with Gasteiger partial charge in [-0.2, -0.15) is 0 Å². The van der Waals surface area contributed by atoms with Gasteiger partial charge in [-0.1, -0.05) is 0 Å². The maximum absolute atomic E-state index is 12.0. The number of ether oxygens (including phenoxy) is 2. The van der Waals surface area contributed by atoms with Gasteiger partial charge in [0.15, 0.2) is 11.5 Å². The van der Waals surface area contributed by atoms with Crippen LogP contribution < -0.4 is 25.4 Å². The van der Waals surface area contributed by atoms with Crippen LogP contribution in [0.2, 0.25) is 0 Å². The van der Waals surface area contributed by atoms with Crippen molar-refractivity contribution in [1.29, 1.82) is 0 Å². The van der Waals surface area contributed by atoms with Crippen LogP contribution in [0.25, 0.3) is 0 Å². The molecule has 0 bridgehead atoms. The van der Waals surface area contributed by atoms with Gasteiger partial charge in [-0.25, -0.2) is 0 Å². The molecule has 21 heavy (non-hydrogen) atoms. The van der Waals surface area contributed by atoms with Crippen LogP contribution in [-0.4, -0.2) is 44.2 Å². The molecule has 1 fully saturated rings. The van der Waals surface area contributed by atoms with Gasteiger partial charge in [0.05, 0.1) is 12.5 Å². The highest BCUT2D eigenvalue weighted by atomic mass is 16.6. The minimum absolute atomic E-state index is 0.0975. The van der Waals surface area contributed by atoms with E-state index in [9.17, 15) is 9.59 Å². The van der Waals surface area contributed by atoms with Gasteiger partial charge >= 0.3 is 0 Å². The summed E-state index contributed by atoms with van der Waals surface area (Å²) in [7, 11) is 0. The van der Waals surface area contributed by atoms with Crippen molar-refractivity contribution in [2.75, 3.05) is 31.6 Å². The summed E-state index contributed by atoms with van der Waals surface area (Å²) in [5, 5.41) is 8.51. The van der Waals surface area contributed by atoms with Crippen LogP contribution in [0.3, 0.4) is 0 Å². The van der Waals surface area contributed by atoms with Gasteiger partial charge in [0, 0.05) is 24.8 Å². The Kier molecular flexibility index (Phi) is 3.92. The number of rotatable bonds is 3.